The summed E-state index contributed by atoms with van der Waals surface area (Å²) in [5.41, 5.74) is 0. The molecule has 0 aliphatic rings. The third kappa shape index (κ3) is 58.7. The van der Waals surface area contributed by atoms with Gasteiger partial charge in [0.1, 0.15) is 19.0 Å². The first kappa shape index (κ1) is 37.1. The first-order chi connectivity index (χ1) is 12.6. The molecule has 0 heterocycles. The Bertz CT molecular complexity index is 284. The van der Waals surface area contributed by atoms with Crippen LogP contribution in [0.15, 0.2) is 0 Å². The van der Waals surface area contributed by atoms with Crippen molar-refractivity contribution in [2.45, 2.75) is 93.1 Å². The minimum absolute atomic E-state index is 0.0648. The van der Waals surface area contributed by atoms with E-state index >= 15 is 0 Å². The van der Waals surface area contributed by atoms with Gasteiger partial charge in [0.05, 0.1) is 6.10 Å². The molecule has 0 bridgehead atoms. The third-order valence-corrected chi connectivity index (χ3v) is 3.48. The summed E-state index contributed by atoms with van der Waals surface area (Å²) in [6, 6.07) is 0. The molecule has 0 amide bonds. The Balaban J connectivity index is -0.0000000760. The molecular formula is C19H42O7P+. The van der Waals surface area contributed by atoms with E-state index in [1.807, 2.05) is 27.7 Å². The van der Waals surface area contributed by atoms with Gasteiger partial charge in [-0.15, -0.1) is 0 Å². The van der Waals surface area contributed by atoms with Crippen LogP contribution in [0.3, 0.4) is 0 Å². The van der Waals surface area contributed by atoms with E-state index in [1.165, 1.54) is 12.8 Å². The molecule has 0 aliphatic carbocycles. The molecular weight excluding hydrogens is 371 g/mol. The normalized spacial score (nSPS) is 8.44. The summed E-state index contributed by atoms with van der Waals surface area (Å²) in [5, 5.41) is 24.3. The fraction of sp³-hybridized carbons (Fsp3) is 0.895. The molecule has 8 heteroatoms. The molecule has 0 spiro atoms. The number of ketones is 2. The Labute approximate surface area is 166 Å². The summed E-state index contributed by atoms with van der Waals surface area (Å²) >= 11 is 0. The monoisotopic (exact) mass is 413 g/mol. The summed E-state index contributed by atoms with van der Waals surface area (Å²) in [4.78, 5) is 19.9. The standard InChI is InChI=1S/C6H14.C5H12O.C5H10O.C3H6O3.O2P/c1-4-6(3)5-2;2*1-3-5(6)4-2;4-1-3(6)2-5;1-3-2/h6H,4-5H2,1-3H3;5-6H,3-4H2,1-2H3;3-4H2,1-2H3;4-5H,1-2H2;/q;;;;+1. The molecule has 7 nitrogen and oxygen atoms in total. The van der Waals surface area contributed by atoms with Crippen molar-refractivity contribution in [1.82, 2.24) is 0 Å². The number of hydrogen-bond acceptors (Lipinski definition) is 7. The minimum atomic E-state index is -1.08. The van der Waals surface area contributed by atoms with Crippen molar-refractivity contribution >= 4 is 19.9 Å². The van der Waals surface area contributed by atoms with E-state index in [0.29, 0.717) is 18.6 Å². The molecule has 3 N–H and O–H groups in total. The van der Waals surface area contributed by atoms with Gasteiger partial charge in [-0.25, -0.2) is 0 Å². The molecule has 0 atom stereocenters. The van der Waals surface area contributed by atoms with Crippen molar-refractivity contribution in [3.05, 3.63) is 0 Å². The number of aliphatic hydroxyl groups is 3. The zero-order valence-electron chi connectivity index (χ0n) is 18.2. The number of carbonyl (C=O) groups excluding carboxylic acids is 2. The van der Waals surface area contributed by atoms with Crippen molar-refractivity contribution in [2.75, 3.05) is 13.2 Å². The van der Waals surface area contributed by atoms with Crippen molar-refractivity contribution in [2.24, 2.45) is 5.92 Å². The maximum atomic E-state index is 10.2. The van der Waals surface area contributed by atoms with Gasteiger partial charge < -0.3 is 15.3 Å². The van der Waals surface area contributed by atoms with E-state index in [-0.39, 0.29) is 6.10 Å². The molecule has 0 aliphatic heterocycles. The molecule has 0 unspecified atom stereocenters. The topological polar surface area (TPSA) is 129 Å². The predicted molar refractivity (Wildman–Crippen MR) is 109 cm³/mol. The van der Waals surface area contributed by atoms with Crippen LogP contribution in [-0.2, 0) is 18.7 Å². The van der Waals surface area contributed by atoms with Crippen LogP contribution in [0, 0.1) is 5.92 Å². The summed E-state index contributed by atoms with van der Waals surface area (Å²) < 4.78 is 16.7. The summed E-state index contributed by atoms with van der Waals surface area (Å²) in [6.07, 6.45) is 5.75. The maximum absolute atomic E-state index is 10.2. The molecule has 0 radical (unpaired) electrons. The van der Waals surface area contributed by atoms with E-state index in [1.54, 1.807) is 0 Å². The van der Waals surface area contributed by atoms with E-state index in [2.05, 4.69) is 20.8 Å². The van der Waals surface area contributed by atoms with Gasteiger partial charge in [-0.2, -0.15) is 0 Å². The molecule has 27 heavy (non-hydrogen) atoms. The van der Waals surface area contributed by atoms with Gasteiger partial charge in [0.25, 0.3) is 0 Å². The van der Waals surface area contributed by atoms with Gasteiger partial charge in [-0.05, 0) is 18.8 Å². The van der Waals surface area contributed by atoms with Crippen molar-refractivity contribution in [3.8, 4) is 0 Å². The zero-order valence-corrected chi connectivity index (χ0v) is 19.1. The Morgan fingerprint density at radius 2 is 1.04 bits per heavy atom. The van der Waals surface area contributed by atoms with Crippen LogP contribution in [0.4, 0.5) is 0 Å². The second kappa shape index (κ2) is 36.2. The van der Waals surface area contributed by atoms with E-state index in [0.717, 1.165) is 18.8 Å². The molecule has 0 saturated heterocycles. The fourth-order valence-electron chi connectivity index (χ4n) is 0.877. The predicted octanol–water partition coefficient (Wildman–Crippen LogP) is 4.15. The van der Waals surface area contributed by atoms with Gasteiger partial charge in [0.2, 0.25) is 0 Å². The van der Waals surface area contributed by atoms with E-state index in [9.17, 15) is 9.59 Å². The average molecular weight is 414 g/mol. The first-order valence-corrected chi connectivity index (χ1v) is 10.3. The second-order valence-electron chi connectivity index (χ2n) is 5.57. The van der Waals surface area contributed by atoms with Gasteiger partial charge >= 0.3 is 17.5 Å². The zero-order chi connectivity index (χ0) is 22.7. The van der Waals surface area contributed by atoms with Crippen LogP contribution in [-0.4, -0.2) is 46.2 Å². The average Bonchev–Trinajstić information content (AvgIpc) is 2.72. The quantitative estimate of drug-likeness (QED) is 0.510. The van der Waals surface area contributed by atoms with Crippen LogP contribution in [0.1, 0.15) is 87.0 Å². The van der Waals surface area contributed by atoms with Crippen molar-refractivity contribution in [3.63, 3.8) is 0 Å². The summed E-state index contributed by atoms with van der Waals surface area (Å²) in [7, 11) is -1.08. The van der Waals surface area contributed by atoms with Crippen molar-refractivity contribution in [1.29, 1.82) is 0 Å². The number of rotatable bonds is 8. The second-order valence-corrected chi connectivity index (χ2v) is 5.72. The van der Waals surface area contributed by atoms with E-state index in [4.69, 9.17) is 24.4 Å². The van der Waals surface area contributed by atoms with Crippen LogP contribution in [0.25, 0.3) is 0 Å². The summed E-state index contributed by atoms with van der Waals surface area (Å²) in [6.45, 7) is 13.3. The number of hydrogen-bond donors (Lipinski definition) is 3. The molecule has 0 aromatic carbocycles. The molecule has 164 valence electrons. The summed E-state index contributed by atoms with van der Waals surface area (Å²) in [5.74, 6) is 0.731. The molecule has 0 rings (SSSR count). The van der Waals surface area contributed by atoms with Gasteiger partial charge in [0.15, 0.2) is 5.78 Å². The van der Waals surface area contributed by atoms with Gasteiger partial charge in [-0.1, -0.05) is 61.3 Å². The first-order valence-electron chi connectivity index (χ1n) is 9.53. The van der Waals surface area contributed by atoms with Gasteiger partial charge in [0, 0.05) is 12.8 Å². The molecule has 0 aromatic heterocycles. The SMILES string of the molecule is CCC(=O)CC.CCC(C)CC.CCC(O)CC.O=C(CO)CO.O=[P+]=O. The third-order valence-electron chi connectivity index (χ3n) is 3.48. The Kier molecular flexibility index (Phi) is 49.7. The number of aliphatic hydroxyl groups excluding tert-OH is 3. The fourth-order valence-corrected chi connectivity index (χ4v) is 0.877. The van der Waals surface area contributed by atoms with E-state index < -0.39 is 27.3 Å². The molecule has 0 fully saturated rings. The Morgan fingerprint density at radius 3 is 1.04 bits per heavy atom. The van der Waals surface area contributed by atoms with Crippen LogP contribution in [0.5, 0.6) is 0 Å². The number of Topliss-reactive ketones (excluding diaryl/α,β-unsaturated/α-hetero) is 2. The van der Waals surface area contributed by atoms with Crippen LogP contribution in [0.2, 0.25) is 0 Å². The van der Waals surface area contributed by atoms with Crippen molar-refractivity contribution < 1.29 is 34.0 Å². The molecule has 0 aromatic rings. The number of carbonyl (C=O) groups is 2. The Morgan fingerprint density at radius 1 is 0.741 bits per heavy atom. The van der Waals surface area contributed by atoms with Crippen LogP contribution >= 0.6 is 8.34 Å². The Hall–Kier alpha value is -0.750. The van der Waals surface area contributed by atoms with Gasteiger partial charge in [-0.3, -0.25) is 9.59 Å². The van der Waals surface area contributed by atoms with Crippen LogP contribution < -0.4 is 0 Å². The molecule has 0 saturated carbocycles.